The molecule has 0 saturated carbocycles. The Morgan fingerprint density at radius 1 is 1.37 bits per heavy atom. The highest BCUT2D eigenvalue weighted by molar-refractivity contribution is 5.88. The molecule has 0 aliphatic rings. The van der Waals surface area contributed by atoms with E-state index in [1.165, 1.54) is 18.1 Å². The van der Waals surface area contributed by atoms with Crippen LogP contribution in [0.15, 0.2) is 30.7 Å². The van der Waals surface area contributed by atoms with E-state index in [9.17, 15) is 4.79 Å². The van der Waals surface area contributed by atoms with Crippen LogP contribution in [-0.4, -0.2) is 21.0 Å². The molecule has 98 valence electrons. The zero-order chi connectivity index (χ0) is 13.8. The Morgan fingerprint density at radius 2 is 2.16 bits per heavy atom. The second-order valence-electron chi connectivity index (χ2n) is 4.29. The molecule has 0 atom stereocenters. The number of aromatic nitrogens is 2. The zero-order valence-corrected chi connectivity index (χ0v) is 10.8. The van der Waals surface area contributed by atoms with Gasteiger partial charge in [0.25, 0.3) is 0 Å². The number of hydrogen-bond acceptors (Lipinski definition) is 4. The van der Waals surface area contributed by atoms with Crippen molar-refractivity contribution in [3.8, 4) is 0 Å². The molecule has 0 unspecified atom stereocenters. The Bertz CT molecular complexity index is 611. The van der Waals surface area contributed by atoms with Crippen molar-refractivity contribution in [1.82, 2.24) is 9.97 Å². The molecule has 0 aliphatic carbocycles. The third-order valence-electron chi connectivity index (χ3n) is 3.08. The van der Waals surface area contributed by atoms with Crippen molar-refractivity contribution in [2.24, 2.45) is 0 Å². The van der Waals surface area contributed by atoms with Gasteiger partial charge in [-0.1, -0.05) is 12.1 Å². The summed E-state index contributed by atoms with van der Waals surface area (Å²) >= 11 is 0. The minimum Gasteiger partial charge on any atom is -0.478 e. The smallest absolute Gasteiger partial charge is 0.339 e. The number of benzene rings is 1. The second kappa shape index (κ2) is 5.48. The van der Waals surface area contributed by atoms with Gasteiger partial charge in [-0.2, -0.15) is 0 Å². The van der Waals surface area contributed by atoms with Gasteiger partial charge in [0, 0.05) is 11.9 Å². The molecule has 0 saturated heterocycles. The number of hydrogen-bond donors (Lipinski definition) is 2. The van der Waals surface area contributed by atoms with Crippen LogP contribution in [0.25, 0.3) is 0 Å². The normalized spacial score (nSPS) is 10.2. The standard InChI is InChI=1S/C14H15N3O2/c1-9-4-3-5-12(10(9)2)16-7-13-11(14(18)19)6-15-8-17-13/h3-6,8,16H,7H2,1-2H3,(H,18,19). The number of carboxylic acid groups (broad SMARTS) is 1. The minimum atomic E-state index is -1.02. The predicted molar refractivity (Wildman–Crippen MR) is 72.2 cm³/mol. The monoisotopic (exact) mass is 257 g/mol. The van der Waals surface area contributed by atoms with Crippen molar-refractivity contribution >= 4 is 11.7 Å². The van der Waals surface area contributed by atoms with E-state index < -0.39 is 5.97 Å². The maximum absolute atomic E-state index is 11.0. The van der Waals surface area contributed by atoms with E-state index in [0.29, 0.717) is 12.2 Å². The van der Waals surface area contributed by atoms with E-state index in [2.05, 4.69) is 15.3 Å². The van der Waals surface area contributed by atoms with Gasteiger partial charge in [0.05, 0.1) is 12.2 Å². The summed E-state index contributed by atoms with van der Waals surface area (Å²) in [7, 11) is 0. The predicted octanol–water partition coefficient (Wildman–Crippen LogP) is 2.40. The number of rotatable bonds is 4. The van der Waals surface area contributed by atoms with Crippen LogP contribution in [0.5, 0.6) is 0 Å². The summed E-state index contributed by atoms with van der Waals surface area (Å²) in [6.45, 7) is 4.41. The molecule has 19 heavy (non-hydrogen) atoms. The molecule has 1 aromatic heterocycles. The van der Waals surface area contributed by atoms with Crippen LogP contribution in [0.1, 0.15) is 27.2 Å². The van der Waals surface area contributed by atoms with Gasteiger partial charge in [0.1, 0.15) is 11.9 Å². The average Bonchev–Trinajstić information content (AvgIpc) is 2.40. The SMILES string of the molecule is Cc1cccc(NCc2ncncc2C(=O)O)c1C. The van der Waals surface area contributed by atoms with E-state index in [0.717, 1.165) is 11.3 Å². The van der Waals surface area contributed by atoms with Crippen molar-refractivity contribution in [2.75, 3.05) is 5.32 Å². The van der Waals surface area contributed by atoms with E-state index in [-0.39, 0.29) is 5.56 Å². The van der Waals surface area contributed by atoms with Crippen LogP contribution in [0.4, 0.5) is 5.69 Å². The number of nitrogens with one attached hydrogen (secondary N) is 1. The summed E-state index contributed by atoms with van der Waals surface area (Å²) in [5.74, 6) is -1.02. The Labute approximate surface area is 111 Å². The fourth-order valence-electron chi connectivity index (χ4n) is 1.80. The average molecular weight is 257 g/mol. The molecular formula is C14H15N3O2. The summed E-state index contributed by atoms with van der Waals surface area (Å²) < 4.78 is 0. The summed E-state index contributed by atoms with van der Waals surface area (Å²) in [5, 5.41) is 12.3. The molecule has 1 aromatic carbocycles. The second-order valence-corrected chi connectivity index (χ2v) is 4.29. The van der Waals surface area contributed by atoms with Gasteiger partial charge >= 0.3 is 5.97 Å². The molecule has 0 amide bonds. The molecular weight excluding hydrogens is 242 g/mol. The zero-order valence-electron chi connectivity index (χ0n) is 10.8. The fraction of sp³-hybridized carbons (Fsp3) is 0.214. The Balaban J connectivity index is 2.19. The number of carbonyl (C=O) groups is 1. The lowest BCUT2D eigenvalue weighted by atomic mass is 10.1. The van der Waals surface area contributed by atoms with Crippen LogP contribution >= 0.6 is 0 Å². The first-order valence-corrected chi connectivity index (χ1v) is 5.92. The summed E-state index contributed by atoms with van der Waals surface area (Å²) in [6.07, 6.45) is 2.67. The maximum atomic E-state index is 11.0. The van der Waals surface area contributed by atoms with E-state index in [4.69, 9.17) is 5.11 Å². The first-order chi connectivity index (χ1) is 9.09. The molecule has 2 aromatic rings. The van der Waals surface area contributed by atoms with Gasteiger partial charge < -0.3 is 10.4 Å². The molecule has 0 radical (unpaired) electrons. The molecule has 2 rings (SSSR count). The molecule has 1 heterocycles. The first-order valence-electron chi connectivity index (χ1n) is 5.92. The highest BCUT2D eigenvalue weighted by atomic mass is 16.4. The number of carboxylic acids is 1. The van der Waals surface area contributed by atoms with Gasteiger partial charge in [-0.05, 0) is 31.0 Å². The lowest BCUT2D eigenvalue weighted by molar-refractivity contribution is 0.0694. The van der Waals surface area contributed by atoms with Gasteiger partial charge in [-0.15, -0.1) is 0 Å². The summed E-state index contributed by atoms with van der Waals surface area (Å²) in [6, 6.07) is 5.96. The third-order valence-corrected chi connectivity index (χ3v) is 3.08. The molecule has 2 N–H and O–H groups in total. The van der Waals surface area contributed by atoms with Gasteiger partial charge in [0.2, 0.25) is 0 Å². The summed E-state index contributed by atoms with van der Waals surface area (Å²) in [4.78, 5) is 18.8. The fourth-order valence-corrected chi connectivity index (χ4v) is 1.80. The van der Waals surface area contributed by atoms with Crippen molar-refractivity contribution < 1.29 is 9.90 Å². The van der Waals surface area contributed by atoms with Crippen LogP contribution in [0.2, 0.25) is 0 Å². The number of aromatic carboxylic acids is 1. The molecule has 0 bridgehead atoms. The lowest BCUT2D eigenvalue weighted by Gasteiger charge is -2.11. The van der Waals surface area contributed by atoms with E-state index >= 15 is 0 Å². The Morgan fingerprint density at radius 3 is 2.89 bits per heavy atom. The van der Waals surface area contributed by atoms with Gasteiger partial charge in [-0.25, -0.2) is 14.8 Å². The number of nitrogens with zero attached hydrogens (tertiary/aromatic N) is 2. The van der Waals surface area contributed by atoms with Crippen LogP contribution in [0.3, 0.4) is 0 Å². The van der Waals surface area contributed by atoms with Crippen LogP contribution in [0, 0.1) is 13.8 Å². The molecule has 5 nitrogen and oxygen atoms in total. The Hall–Kier alpha value is -2.43. The van der Waals surface area contributed by atoms with Crippen molar-refractivity contribution in [3.05, 3.63) is 53.1 Å². The maximum Gasteiger partial charge on any atom is 0.339 e. The van der Waals surface area contributed by atoms with Crippen molar-refractivity contribution in [2.45, 2.75) is 20.4 Å². The molecule has 0 fully saturated rings. The topological polar surface area (TPSA) is 75.1 Å². The Kier molecular flexibility index (Phi) is 3.75. The first kappa shape index (κ1) is 13.0. The summed E-state index contributed by atoms with van der Waals surface area (Å²) in [5.41, 5.74) is 3.92. The minimum absolute atomic E-state index is 0.125. The molecule has 5 heteroatoms. The van der Waals surface area contributed by atoms with Gasteiger partial charge in [0.15, 0.2) is 0 Å². The third kappa shape index (κ3) is 2.88. The number of aryl methyl sites for hydroxylation is 1. The van der Waals surface area contributed by atoms with E-state index in [1.807, 2.05) is 32.0 Å². The van der Waals surface area contributed by atoms with Gasteiger partial charge in [-0.3, -0.25) is 0 Å². The van der Waals surface area contributed by atoms with Crippen molar-refractivity contribution in [1.29, 1.82) is 0 Å². The highest BCUT2D eigenvalue weighted by Crippen LogP contribution is 2.18. The van der Waals surface area contributed by atoms with E-state index in [1.54, 1.807) is 0 Å². The molecule has 0 aliphatic heterocycles. The number of anilines is 1. The van der Waals surface area contributed by atoms with Crippen LogP contribution in [-0.2, 0) is 6.54 Å². The lowest BCUT2D eigenvalue weighted by Crippen LogP contribution is -2.10. The molecule has 0 spiro atoms. The largest absolute Gasteiger partial charge is 0.478 e. The van der Waals surface area contributed by atoms with Crippen molar-refractivity contribution in [3.63, 3.8) is 0 Å². The quantitative estimate of drug-likeness (QED) is 0.879. The highest BCUT2D eigenvalue weighted by Gasteiger charge is 2.11. The van der Waals surface area contributed by atoms with Crippen LogP contribution < -0.4 is 5.32 Å².